The summed E-state index contributed by atoms with van der Waals surface area (Å²) in [6.07, 6.45) is 1.60. The van der Waals surface area contributed by atoms with Crippen LogP contribution in [0.3, 0.4) is 0 Å². The second kappa shape index (κ2) is 9.50. The van der Waals surface area contributed by atoms with Crippen LogP contribution in [0.5, 0.6) is 0 Å². The minimum atomic E-state index is -0.0731. The van der Waals surface area contributed by atoms with Crippen molar-refractivity contribution in [1.29, 1.82) is 0 Å². The molecule has 144 valence electrons. The highest BCUT2D eigenvalue weighted by Gasteiger charge is 2.27. The molecule has 0 atom stereocenters. The number of carbonyl (C=O) groups excluding carboxylic acids is 1. The van der Waals surface area contributed by atoms with Crippen molar-refractivity contribution in [1.82, 2.24) is 15.2 Å². The number of rotatable bonds is 5. The molecule has 1 aliphatic heterocycles. The lowest BCUT2D eigenvalue weighted by Gasteiger charge is -2.33. The normalized spacial score (nSPS) is 15.6. The summed E-state index contributed by atoms with van der Waals surface area (Å²) < 4.78 is 5.14. The first kappa shape index (κ1) is 19.4. The summed E-state index contributed by atoms with van der Waals surface area (Å²) in [6, 6.07) is 10.2. The van der Waals surface area contributed by atoms with Gasteiger partial charge in [-0.2, -0.15) is 0 Å². The van der Waals surface area contributed by atoms with E-state index < -0.39 is 0 Å². The third-order valence-corrected chi connectivity index (χ3v) is 5.57. The van der Waals surface area contributed by atoms with Crippen LogP contribution in [0.15, 0.2) is 40.7 Å². The summed E-state index contributed by atoms with van der Waals surface area (Å²) in [7, 11) is 1.79. The van der Waals surface area contributed by atoms with Crippen LogP contribution >= 0.6 is 11.3 Å². The fraction of sp³-hybridized carbons (Fsp3) is 0.450. The molecule has 1 N–H and O–H groups in total. The van der Waals surface area contributed by atoms with Crippen molar-refractivity contribution in [3.63, 3.8) is 0 Å². The fourth-order valence-corrected chi connectivity index (χ4v) is 4.02. The van der Waals surface area contributed by atoms with Gasteiger partial charge in [-0.25, -0.2) is 4.98 Å². The number of piperidine rings is 1. The molecule has 1 aromatic carbocycles. The van der Waals surface area contributed by atoms with Crippen molar-refractivity contribution in [2.24, 2.45) is 10.9 Å². The number of nitrogens with zero attached hydrogens (tertiary/aromatic N) is 3. The summed E-state index contributed by atoms with van der Waals surface area (Å²) in [5, 5.41) is 6.50. The first-order valence-electron chi connectivity index (χ1n) is 9.33. The average Bonchev–Trinajstić information content (AvgIpc) is 3.19. The van der Waals surface area contributed by atoms with E-state index in [0.717, 1.165) is 48.2 Å². The van der Waals surface area contributed by atoms with Crippen LogP contribution in [0.25, 0.3) is 10.6 Å². The highest BCUT2D eigenvalue weighted by molar-refractivity contribution is 7.13. The lowest BCUT2D eigenvalue weighted by molar-refractivity contribution is -0.149. The van der Waals surface area contributed by atoms with E-state index in [0.29, 0.717) is 13.2 Å². The number of hydrogen-bond donors (Lipinski definition) is 1. The van der Waals surface area contributed by atoms with Crippen LogP contribution in [0.1, 0.15) is 25.5 Å². The van der Waals surface area contributed by atoms with Crippen molar-refractivity contribution < 1.29 is 9.53 Å². The van der Waals surface area contributed by atoms with Crippen molar-refractivity contribution in [2.45, 2.75) is 26.3 Å². The third kappa shape index (κ3) is 5.07. The molecule has 2 heterocycles. The smallest absolute Gasteiger partial charge is 0.309 e. The molecule has 1 fully saturated rings. The Kier molecular flexibility index (Phi) is 6.81. The van der Waals surface area contributed by atoms with Crippen LogP contribution in [-0.4, -0.2) is 48.6 Å². The molecule has 1 saturated heterocycles. The SMILES string of the molecule is CCOC(=O)C1CCN(C(=NC)NCc2csc(-c3ccccc3)n2)CC1. The molecular weight excluding hydrogens is 360 g/mol. The summed E-state index contributed by atoms with van der Waals surface area (Å²) in [5.74, 6) is 0.786. The number of guanidine groups is 1. The number of benzene rings is 1. The number of esters is 1. The van der Waals surface area contributed by atoms with E-state index in [2.05, 4.69) is 32.7 Å². The molecule has 2 aromatic rings. The quantitative estimate of drug-likeness (QED) is 0.486. The fourth-order valence-electron chi connectivity index (χ4n) is 3.19. The van der Waals surface area contributed by atoms with E-state index in [1.165, 1.54) is 0 Å². The number of ether oxygens (including phenoxy) is 1. The average molecular weight is 387 g/mol. The van der Waals surface area contributed by atoms with Gasteiger partial charge in [0.2, 0.25) is 0 Å². The van der Waals surface area contributed by atoms with Crippen LogP contribution < -0.4 is 5.32 Å². The van der Waals surface area contributed by atoms with E-state index in [1.807, 2.05) is 25.1 Å². The Bertz CT molecular complexity index is 767. The number of carbonyl (C=O) groups is 1. The lowest BCUT2D eigenvalue weighted by atomic mass is 9.97. The molecule has 0 saturated carbocycles. The molecular formula is C20H26N4O2S. The number of hydrogen-bond acceptors (Lipinski definition) is 5. The van der Waals surface area contributed by atoms with Crippen molar-refractivity contribution in [3.8, 4) is 10.6 Å². The van der Waals surface area contributed by atoms with E-state index in [9.17, 15) is 4.79 Å². The van der Waals surface area contributed by atoms with E-state index in [1.54, 1.807) is 18.4 Å². The van der Waals surface area contributed by atoms with E-state index in [4.69, 9.17) is 9.72 Å². The largest absolute Gasteiger partial charge is 0.466 e. The molecule has 0 aliphatic carbocycles. The zero-order valence-electron chi connectivity index (χ0n) is 15.9. The second-order valence-corrected chi connectivity index (χ2v) is 7.28. The molecule has 7 heteroatoms. The first-order valence-corrected chi connectivity index (χ1v) is 10.2. The van der Waals surface area contributed by atoms with Gasteiger partial charge in [-0.3, -0.25) is 9.79 Å². The standard InChI is InChI=1S/C20H26N4O2S/c1-3-26-19(25)16-9-11-24(12-10-16)20(21-2)22-13-17-14-27-18(23-17)15-7-5-4-6-8-15/h4-8,14,16H,3,9-13H2,1-2H3,(H,21,22). The van der Waals surface area contributed by atoms with Gasteiger partial charge in [0.25, 0.3) is 0 Å². The van der Waals surface area contributed by atoms with Gasteiger partial charge in [0.1, 0.15) is 5.01 Å². The molecule has 6 nitrogen and oxygen atoms in total. The minimum Gasteiger partial charge on any atom is -0.466 e. The Morgan fingerprint density at radius 3 is 2.74 bits per heavy atom. The van der Waals surface area contributed by atoms with Crippen LogP contribution in [-0.2, 0) is 16.1 Å². The van der Waals surface area contributed by atoms with Crippen molar-refractivity contribution in [2.75, 3.05) is 26.7 Å². The number of nitrogens with one attached hydrogen (secondary N) is 1. The van der Waals surface area contributed by atoms with Crippen LogP contribution in [0, 0.1) is 5.92 Å². The molecule has 3 rings (SSSR count). The molecule has 27 heavy (non-hydrogen) atoms. The Labute approximate surface area is 164 Å². The number of aliphatic imine (C=N–C) groups is 1. The molecule has 1 aromatic heterocycles. The van der Waals surface area contributed by atoms with E-state index in [-0.39, 0.29) is 11.9 Å². The molecule has 1 aliphatic rings. The Hall–Kier alpha value is -2.41. The van der Waals surface area contributed by atoms with E-state index >= 15 is 0 Å². The first-order chi connectivity index (χ1) is 13.2. The van der Waals surface area contributed by atoms with Gasteiger partial charge in [0.05, 0.1) is 24.8 Å². The maximum Gasteiger partial charge on any atom is 0.309 e. The summed E-state index contributed by atoms with van der Waals surface area (Å²) in [6.45, 7) is 4.53. The van der Waals surface area contributed by atoms with Gasteiger partial charge in [-0.1, -0.05) is 30.3 Å². The summed E-state index contributed by atoms with van der Waals surface area (Å²) in [4.78, 5) is 23.2. The molecule has 0 bridgehead atoms. The Balaban J connectivity index is 1.52. The third-order valence-electron chi connectivity index (χ3n) is 4.63. The Morgan fingerprint density at radius 1 is 1.33 bits per heavy atom. The lowest BCUT2D eigenvalue weighted by Crippen LogP contribution is -2.46. The van der Waals surface area contributed by atoms with Gasteiger partial charge >= 0.3 is 5.97 Å². The second-order valence-electron chi connectivity index (χ2n) is 6.42. The highest BCUT2D eigenvalue weighted by atomic mass is 32.1. The molecule has 0 unspecified atom stereocenters. The van der Waals surface area contributed by atoms with Crippen LogP contribution in [0.4, 0.5) is 0 Å². The molecule has 0 amide bonds. The highest BCUT2D eigenvalue weighted by Crippen LogP contribution is 2.23. The predicted molar refractivity (Wildman–Crippen MR) is 109 cm³/mol. The molecule has 0 radical (unpaired) electrons. The maximum atomic E-state index is 11.9. The zero-order valence-corrected chi connectivity index (χ0v) is 16.7. The molecule has 0 spiro atoms. The maximum absolute atomic E-state index is 11.9. The number of thiazole rings is 1. The summed E-state index contributed by atoms with van der Waals surface area (Å²) in [5.41, 5.74) is 2.14. The zero-order chi connectivity index (χ0) is 19.1. The van der Waals surface area contributed by atoms with Gasteiger partial charge in [0, 0.05) is 31.1 Å². The van der Waals surface area contributed by atoms with Crippen molar-refractivity contribution in [3.05, 3.63) is 41.4 Å². The number of likely N-dealkylation sites (tertiary alicyclic amines) is 1. The van der Waals surface area contributed by atoms with Gasteiger partial charge in [0.15, 0.2) is 5.96 Å². The van der Waals surface area contributed by atoms with Gasteiger partial charge in [-0.15, -0.1) is 11.3 Å². The summed E-state index contributed by atoms with van der Waals surface area (Å²) >= 11 is 1.65. The predicted octanol–water partition coefficient (Wildman–Crippen LogP) is 3.16. The minimum absolute atomic E-state index is 0.00581. The number of aromatic nitrogens is 1. The topological polar surface area (TPSA) is 66.8 Å². The van der Waals surface area contributed by atoms with Gasteiger partial charge in [-0.05, 0) is 19.8 Å². The Morgan fingerprint density at radius 2 is 2.07 bits per heavy atom. The van der Waals surface area contributed by atoms with Crippen LogP contribution in [0.2, 0.25) is 0 Å². The van der Waals surface area contributed by atoms with Gasteiger partial charge < -0.3 is 15.0 Å². The monoisotopic (exact) mass is 386 g/mol. The van der Waals surface area contributed by atoms with Crippen molar-refractivity contribution >= 4 is 23.3 Å².